The number of hydrogen-bond acceptors (Lipinski definition) is 6. The normalized spacial score (nSPS) is 13.7. The zero-order valence-corrected chi connectivity index (χ0v) is 20.5. The molecule has 0 bridgehead atoms. The van der Waals surface area contributed by atoms with Crippen LogP contribution in [0.15, 0.2) is 48.5 Å². The molecule has 188 valence electrons. The second-order valence-corrected chi connectivity index (χ2v) is 8.38. The number of hydrogen-bond donors (Lipinski definition) is 1. The zero-order valence-electron chi connectivity index (χ0n) is 20.5. The molecule has 1 aliphatic rings. The van der Waals surface area contributed by atoms with Crippen molar-refractivity contribution in [3.63, 3.8) is 0 Å². The van der Waals surface area contributed by atoms with Gasteiger partial charge in [-0.15, -0.1) is 0 Å². The molecule has 1 heterocycles. The third-order valence-electron chi connectivity index (χ3n) is 5.89. The van der Waals surface area contributed by atoms with E-state index in [0.29, 0.717) is 49.3 Å². The number of amides is 2. The Balaban J connectivity index is 1.38. The molecular formula is C27H34N2O6. The van der Waals surface area contributed by atoms with E-state index in [-0.39, 0.29) is 19.1 Å². The van der Waals surface area contributed by atoms with Crippen LogP contribution in [-0.2, 0) is 20.7 Å². The molecule has 0 atom stereocenters. The summed E-state index contributed by atoms with van der Waals surface area (Å²) < 4.78 is 16.1. The van der Waals surface area contributed by atoms with Gasteiger partial charge in [-0.05, 0) is 62.8 Å². The molecule has 35 heavy (non-hydrogen) atoms. The third kappa shape index (κ3) is 8.02. The van der Waals surface area contributed by atoms with Gasteiger partial charge < -0.3 is 24.4 Å². The standard InChI is InChI=1S/C27H34N2O6/c1-3-33-23-11-10-22(17-24(23)34-4-2)27(32)28-18-26(31)35-19-25(30)29-14-12-21(13-15-29)16-20-8-6-5-7-9-20/h5-11,17,21H,3-4,12-16,18-19H2,1-2H3,(H,28,32). The van der Waals surface area contributed by atoms with E-state index in [2.05, 4.69) is 17.4 Å². The van der Waals surface area contributed by atoms with Crippen LogP contribution >= 0.6 is 0 Å². The lowest BCUT2D eigenvalue weighted by Gasteiger charge is -2.32. The molecule has 0 spiro atoms. The maximum absolute atomic E-state index is 12.4. The van der Waals surface area contributed by atoms with E-state index in [9.17, 15) is 14.4 Å². The molecule has 0 aromatic heterocycles. The molecule has 8 heteroatoms. The molecule has 8 nitrogen and oxygen atoms in total. The first kappa shape index (κ1) is 26.1. The Bertz CT molecular complexity index is 986. The molecule has 0 unspecified atom stereocenters. The monoisotopic (exact) mass is 482 g/mol. The SMILES string of the molecule is CCOc1ccc(C(=O)NCC(=O)OCC(=O)N2CCC(Cc3ccccc3)CC2)cc1OCC. The van der Waals surface area contributed by atoms with Gasteiger partial charge in [0.25, 0.3) is 11.8 Å². The van der Waals surface area contributed by atoms with Crippen molar-refractivity contribution in [2.75, 3.05) is 39.5 Å². The highest BCUT2D eigenvalue weighted by molar-refractivity contribution is 5.96. The maximum Gasteiger partial charge on any atom is 0.325 e. The minimum absolute atomic E-state index is 0.212. The Morgan fingerprint density at radius 1 is 0.943 bits per heavy atom. The molecule has 0 radical (unpaired) electrons. The van der Waals surface area contributed by atoms with Crippen LogP contribution in [0.5, 0.6) is 11.5 Å². The van der Waals surface area contributed by atoms with Gasteiger partial charge in [0.15, 0.2) is 18.1 Å². The first-order chi connectivity index (χ1) is 17.0. The van der Waals surface area contributed by atoms with E-state index in [1.807, 2.05) is 32.0 Å². The zero-order chi connectivity index (χ0) is 25.0. The minimum Gasteiger partial charge on any atom is -0.490 e. The van der Waals surface area contributed by atoms with Crippen LogP contribution in [-0.4, -0.2) is 62.1 Å². The van der Waals surface area contributed by atoms with E-state index in [0.717, 1.165) is 19.3 Å². The second kappa shape index (κ2) is 13.4. The van der Waals surface area contributed by atoms with Crippen molar-refractivity contribution >= 4 is 17.8 Å². The molecular weight excluding hydrogens is 448 g/mol. The van der Waals surface area contributed by atoms with E-state index < -0.39 is 11.9 Å². The summed E-state index contributed by atoms with van der Waals surface area (Å²) in [5.74, 6) is 0.232. The number of nitrogens with one attached hydrogen (secondary N) is 1. The lowest BCUT2D eigenvalue weighted by Crippen LogP contribution is -2.41. The minimum atomic E-state index is -0.665. The second-order valence-electron chi connectivity index (χ2n) is 8.38. The van der Waals surface area contributed by atoms with Crippen molar-refractivity contribution in [1.82, 2.24) is 10.2 Å². The largest absolute Gasteiger partial charge is 0.490 e. The molecule has 3 rings (SSSR count). The fraction of sp³-hybridized carbons (Fsp3) is 0.444. The lowest BCUT2D eigenvalue weighted by atomic mass is 9.90. The van der Waals surface area contributed by atoms with Gasteiger partial charge in [0.1, 0.15) is 6.54 Å². The van der Waals surface area contributed by atoms with Crippen molar-refractivity contribution in [3.05, 3.63) is 59.7 Å². The first-order valence-corrected chi connectivity index (χ1v) is 12.1. The van der Waals surface area contributed by atoms with E-state index in [4.69, 9.17) is 14.2 Å². The summed E-state index contributed by atoms with van der Waals surface area (Å²) in [6.45, 7) is 5.26. The highest BCUT2D eigenvalue weighted by Crippen LogP contribution is 2.28. The topological polar surface area (TPSA) is 94.2 Å². The van der Waals surface area contributed by atoms with Crippen LogP contribution < -0.4 is 14.8 Å². The predicted molar refractivity (Wildman–Crippen MR) is 132 cm³/mol. The summed E-state index contributed by atoms with van der Waals surface area (Å²) in [6, 6.07) is 15.2. The van der Waals surface area contributed by atoms with E-state index >= 15 is 0 Å². The Hall–Kier alpha value is -3.55. The first-order valence-electron chi connectivity index (χ1n) is 12.1. The number of esters is 1. The van der Waals surface area contributed by atoms with Crippen LogP contribution in [0.3, 0.4) is 0 Å². The number of carbonyl (C=O) groups excluding carboxylic acids is 3. The van der Waals surface area contributed by atoms with Crippen LogP contribution in [0.2, 0.25) is 0 Å². The quantitative estimate of drug-likeness (QED) is 0.494. The summed E-state index contributed by atoms with van der Waals surface area (Å²) >= 11 is 0. The molecule has 1 fully saturated rings. The van der Waals surface area contributed by atoms with Crippen LogP contribution in [0.1, 0.15) is 42.6 Å². The number of ether oxygens (including phenoxy) is 3. The molecule has 0 saturated carbocycles. The van der Waals surface area contributed by atoms with Crippen molar-refractivity contribution in [2.45, 2.75) is 33.1 Å². The van der Waals surface area contributed by atoms with Gasteiger partial charge in [0.2, 0.25) is 0 Å². The highest BCUT2D eigenvalue weighted by atomic mass is 16.5. The number of rotatable bonds is 11. The van der Waals surface area contributed by atoms with Gasteiger partial charge >= 0.3 is 5.97 Å². The average molecular weight is 483 g/mol. The van der Waals surface area contributed by atoms with Gasteiger partial charge in [0.05, 0.1) is 13.2 Å². The van der Waals surface area contributed by atoms with E-state index in [1.165, 1.54) is 5.56 Å². The summed E-state index contributed by atoms with van der Waals surface area (Å²) in [7, 11) is 0. The number of nitrogens with zero attached hydrogens (tertiary/aromatic N) is 1. The van der Waals surface area contributed by atoms with Crippen LogP contribution in [0, 0.1) is 5.92 Å². The molecule has 2 aromatic rings. The predicted octanol–water partition coefficient (Wildman–Crippen LogP) is 3.24. The number of likely N-dealkylation sites (tertiary alicyclic amines) is 1. The maximum atomic E-state index is 12.4. The van der Waals surface area contributed by atoms with Gasteiger partial charge in [-0.1, -0.05) is 30.3 Å². The third-order valence-corrected chi connectivity index (χ3v) is 5.89. The van der Waals surface area contributed by atoms with Gasteiger partial charge in [-0.25, -0.2) is 0 Å². The Morgan fingerprint density at radius 3 is 2.31 bits per heavy atom. The molecule has 2 amide bonds. The lowest BCUT2D eigenvalue weighted by molar-refractivity contribution is -0.151. The van der Waals surface area contributed by atoms with Crippen LogP contribution in [0.4, 0.5) is 0 Å². The molecule has 1 aliphatic heterocycles. The number of carbonyl (C=O) groups is 3. The number of benzene rings is 2. The summed E-state index contributed by atoms with van der Waals surface area (Å²) in [6.07, 6.45) is 2.87. The summed E-state index contributed by atoms with van der Waals surface area (Å²) in [5, 5.41) is 2.52. The van der Waals surface area contributed by atoms with Gasteiger partial charge in [-0.2, -0.15) is 0 Å². The number of piperidine rings is 1. The van der Waals surface area contributed by atoms with Gasteiger partial charge in [-0.3, -0.25) is 14.4 Å². The molecule has 2 aromatic carbocycles. The highest BCUT2D eigenvalue weighted by Gasteiger charge is 2.24. The fourth-order valence-electron chi connectivity index (χ4n) is 4.07. The molecule has 1 saturated heterocycles. The average Bonchev–Trinajstić information content (AvgIpc) is 2.88. The fourth-order valence-corrected chi connectivity index (χ4v) is 4.07. The Kier molecular flexibility index (Phi) is 9.95. The van der Waals surface area contributed by atoms with Crippen LogP contribution in [0.25, 0.3) is 0 Å². The van der Waals surface area contributed by atoms with Crippen molar-refractivity contribution < 1.29 is 28.6 Å². The van der Waals surface area contributed by atoms with Gasteiger partial charge in [0, 0.05) is 18.7 Å². The summed E-state index contributed by atoms with van der Waals surface area (Å²) in [4.78, 5) is 38.7. The summed E-state index contributed by atoms with van der Waals surface area (Å²) in [5.41, 5.74) is 1.65. The van der Waals surface area contributed by atoms with Crippen molar-refractivity contribution in [2.24, 2.45) is 5.92 Å². The Labute approximate surface area is 206 Å². The molecule has 1 N–H and O–H groups in total. The molecule has 0 aliphatic carbocycles. The van der Waals surface area contributed by atoms with Crippen molar-refractivity contribution in [1.29, 1.82) is 0 Å². The Morgan fingerprint density at radius 2 is 1.63 bits per heavy atom. The van der Waals surface area contributed by atoms with Crippen molar-refractivity contribution in [3.8, 4) is 11.5 Å². The smallest absolute Gasteiger partial charge is 0.325 e. The van der Waals surface area contributed by atoms with E-state index in [1.54, 1.807) is 23.1 Å².